The summed E-state index contributed by atoms with van der Waals surface area (Å²) in [6.45, 7) is 1.98. The van der Waals surface area contributed by atoms with E-state index in [2.05, 4.69) is 29.8 Å². The first kappa shape index (κ1) is 14.8. The molecule has 1 saturated heterocycles. The largest absolute Gasteiger partial charge is 0.274 e. The maximum atomic E-state index is 11.3. The lowest BCUT2D eigenvalue weighted by atomic mass is 10.4. The number of amides is 2. The van der Waals surface area contributed by atoms with Crippen LogP contribution < -0.4 is 4.90 Å². The zero-order valence-electron chi connectivity index (χ0n) is 10.00. The number of pyridine rings is 1. The summed E-state index contributed by atoms with van der Waals surface area (Å²) in [4.78, 5) is 27.6. The smallest absolute Gasteiger partial charge is 0.235 e. The average Bonchev–Trinajstić information content (AvgIpc) is 2.71. The van der Waals surface area contributed by atoms with Crippen molar-refractivity contribution >= 4 is 46.7 Å². The summed E-state index contributed by atoms with van der Waals surface area (Å²) in [7, 11) is 0. The van der Waals surface area contributed by atoms with Gasteiger partial charge in [0.15, 0.2) is 0 Å². The Bertz CT molecular complexity index is 433. The lowest BCUT2D eigenvalue weighted by molar-refractivity contribution is -0.121. The van der Waals surface area contributed by atoms with Crippen LogP contribution >= 0.6 is 24.8 Å². The normalized spacial score (nSPS) is 14.2. The SMILES string of the molecule is CCC(=S)S.O=C1CCC(=O)N1c1ccccn1. The Balaban J connectivity index is 0.000000280. The Kier molecular flexibility index (Phi) is 5.94. The summed E-state index contributed by atoms with van der Waals surface area (Å²) in [5, 5.41) is 0. The van der Waals surface area contributed by atoms with Crippen molar-refractivity contribution in [2.75, 3.05) is 4.90 Å². The summed E-state index contributed by atoms with van der Waals surface area (Å²) in [6, 6.07) is 5.15. The van der Waals surface area contributed by atoms with Gasteiger partial charge in [0.25, 0.3) is 0 Å². The third kappa shape index (κ3) is 4.19. The van der Waals surface area contributed by atoms with Crippen LogP contribution in [-0.4, -0.2) is 21.0 Å². The van der Waals surface area contributed by atoms with Crippen molar-refractivity contribution in [2.24, 2.45) is 0 Å². The molecule has 18 heavy (non-hydrogen) atoms. The van der Waals surface area contributed by atoms with Crippen molar-refractivity contribution in [3.05, 3.63) is 24.4 Å². The van der Waals surface area contributed by atoms with Crippen LogP contribution in [0.5, 0.6) is 0 Å². The summed E-state index contributed by atoms with van der Waals surface area (Å²) >= 11 is 8.39. The van der Waals surface area contributed by atoms with Gasteiger partial charge in [0.2, 0.25) is 11.8 Å². The van der Waals surface area contributed by atoms with Gasteiger partial charge in [0.05, 0.1) is 0 Å². The van der Waals surface area contributed by atoms with Crippen LogP contribution in [-0.2, 0) is 9.59 Å². The van der Waals surface area contributed by atoms with E-state index in [0.717, 1.165) is 15.5 Å². The molecule has 2 heterocycles. The molecule has 0 spiro atoms. The lowest BCUT2D eigenvalue weighted by Crippen LogP contribution is -2.29. The fraction of sp³-hybridized carbons (Fsp3) is 0.333. The molecule has 1 fully saturated rings. The van der Waals surface area contributed by atoms with Gasteiger partial charge in [-0.05, 0) is 18.6 Å². The van der Waals surface area contributed by atoms with Gasteiger partial charge in [0, 0.05) is 23.2 Å². The van der Waals surface area contributed by atoms with E-state index in [1.54, 1.807) is 24.4 Å². The van der Waals surface area contributed by atoms with Crippen molar-refractivity contribution in [2.45, 2.75) is 26.2 Å². The minimum Gasteiger partial charge on any atom is -0.274 e. The van der Waals surface area contributed by atoms with E-state index in [0.29, 0.717) is 18.7 Å². The van der Waals surface area contributed by atoms with Crippen LogP contribution in [0.4, 0.5) is 5.82 Å². The molecule has 0 aromatic carbocycles. The number of anilines is 1. The van der Waals surface area contributed by atoms with Gasteiger partial charge in [-0.15, -0.1) is 12.6 Å². The van der Waals surface area contributed by atoms with Crippen LogP contribution in [0.25, 0.3) is 0 Å². The van der Waals surface area contributed by atoms with Gasteiger partial charge in [-0.3, -0.25) is 9.59 Å². The molecule has 2 rings (SSSR count). The fourth-order valence-electron chi connectivity index (χ4n) is 1.32. The highest BCUT2D eigenvalue weighted by atomic mass is 32.1. The van der Waals surface area contributed by atoms with E-state index in [-0.39, 0.29) is 11.8 Å². The Labute approximate surface area is 117 Å². The molecule has 6 heteroatoms. The Hall–Kier alpha value is -1.27. The van der Waals surface area contributed by atoms with Gasteiger partial charge in [-0.1, -0.05) is 25.2 Å². The lowest BCUT2D eigenvalue weighted by Gasteiger charge is -2.11. The highest BCUT2D eigenvalue weighted by molar-refractivity contribution is 8.11. The standard InChI is InChI=1S/C9H8N2O2.C3H6S2/c12-8-4-5-9(13)11(8)7-3-1-2-6-10-7;1-2-3(4)5/h1-3,6H,4-5H2;2H2,1H3,(H,4,5). The molecular weight excluding hydrogens is 268 g/mol. The quantitative estimate of drug-likeness (QED) is 0.514. The molecule has 0 bridgehead atoms. The zero-order chi connectivity index (χ0) is 13.5. The first-order valence-corrected chi connectivity index (χ1v) is 6.40. The highest BCUT2D eigenvalue weighted by Crippen LogP contribution is 2.18. The molecule has 1 aromatic rings. The molecule has 0 N–H and O–H groups in total. The van der Waals surface area contributed by atoms with Gasteiger partial charge < -0.3 is 0 Å². The number of thiocarbonyl (C=S) groups is 1. The van der Waals surface area contributed by atoms with Crippen molar-refractivity contribution in [3.63, 3.8) is 0 Å². The molecule has 4 nitrogen and oxygen atoms in total. The molecule has 96 valence electrons. The summed E-state index contributed by atoms with van der Waals surface area (Å²) in [5.41, 5.74) is 0. The Morgan fingerprint density at radius 2 is 1.94 bits per heavy atom. The number of hydrogen-bond donors (Lipinski definition) is 1. The third-order valence-electron chi connectivity index (χ3n) is 2.23. The number of imide groups is 1. The number of hydrogen-bond acceptors (Lipinski definition) is 4. The predicted octanol–water partition coefficient (Wildman–Crippen LogP) is 2.39. The van der Waals surface area contributed by atoms with Gasteiger partial charge in [0.1, 0.15) is 5.82 Å². The van der Waals surface area contributed by atoms with E-state index >= 15 is 0 Å². The summed E-state index contributed by atoms with van der Waals surface area (Å²) in [6.07, 6.45) is 3.07. The van der Waals surface area contributed by atoms with Crippen LogP contribution in [0.1, 0.15) is 26.2 Å². The summed E-state index contributed by atoms with van der Waals surface area (Å²) < 4.78 is 0.782. The van der Waals surface area contributed by atoms with Crippen LogP contribution in [0.3, 0.4) is 0 Å². The van der Waals surface area contributed by atoms with Crippen molar-refractivity contribution < 1.29 is 9.59 Å². The Morgan fingerprint density at radius 1 is 1.39 bits per heavy atom. The second-order valence-electron chi connectivity index (χ2n) is 3.56. The summed E-state index contributed by atoms with van der Waals surface area (Å²) in [5.74, 6) is 0.0994. The van der Waals surface area contributed by atoms with Crippen LogP contribution in [0, 0.1) is 0 Å². The maximum absolute atomic E-state index is 11.3. The van der Waals surface area contributed by atoms with Crippen LogP contribution in [0.2, 0.25) is 0 Å². The molecule has 1 aliphatic rings. The molecule has 1 aromatic heterocycles. The molecule has 0 unspecified atom stereocenters. The van der Waals surface area contributed by atoms with E-state index in [1.807, 2.05) is 6.92 Å². The number of carbonyl (C=O) groups excluding carboxylic acids is 2. The number of carbonyl (C=O) groups is 2. The molecule has 2 amide bonds. The van der Waals surface area contributed by atoms with Crippen molar-refractivity contribution in [3.8, 4) is 0 Å². The zero-order valence-corrected chi connectivity index (χ0v) is 11.7. The van der Waals surface area contributed by atoms with E-state index in [9.17, 15) is 9.59 Å². The second-order valence-corrected chi connectivity index (χ2v) is 4.89. The minimum atomic E-state index is -0.163. The average molecular weight is 282 g/mol. The van der Waals surface area contributed by atoms with E-state index in [1.165, 1.54) is 0 Å². The number of rotatable bonds is 2. The highest BCUT2D eigenvalue weighted by Gasteiger charge is 2.30. The van der Waals surface area contributed by atoms with E-state index < -0.39 is 0 Å². The topological polar surface area (TPSA) is 50.3 Å². The maximum Gasteiger partial charge on any atom is 0.235 e. The van der Waals surface area contributed by atoms with Crippen molar-refractivity contribution in [1.82, 2.24) is 4.98 Å². The fourth-order valence-corrected chi connectivity index (χ4v) is 1.32. The first-order chi connectivity index (χ1) is 8.56. The number of aromatic nitrogens is 1. The Morgan fingerprint density at radius 3 is 2.33 bits per heavy atom. The monoisotopic (exact) mass is 282 g/mol. The third-order valence-corrected chi connectivity index (χ3v) is 2.84. The minimum absolute atomic E-state index is 0.163. The molecule has 1 aliphatic heterocycles. The van der Waals surface area contributed by atoms with Gasteiger partial charge in [-0.25, -0.2) is 9.88 Å². The number of thiol groups is 1. The van der Waals surface area contributed by atoms with Gasteiger partial charge >= 0.3 is 0 Å². The van der Waals surface area contributed by atoms with Crippen LogP contribution in [0.15, 0.2) is 24.4 Å². The van der Waals surface area contributed by atoms with Gasteiger partial charge in [-0.2, -0.15) is 0 Å². The second kappa shape index (κ2) is 7.23. The molecule has 0 radical (unpaired) electrons. The molecule has 0 atom stereocenters. The molecule has 0 saturated carbocycles. The molecule has 0 aliphatic carbocycles. The molecular formula is C12H14N2O2S2. The first-order valence-electron chi connectivity index (χ1n) is 5.55. The predicted molar refractivity (Wildman–Crippen MR) is 77.8 cm³/mol. The van der Waals surface area contributed by atoms with E-state index in [4.69, 9.17) is 0 Å². The van der Waals surface area contributed by atoms with Crippen molar-refractivity contribution in [1.29, 1.82) is 0 Å². The number of nitrogens with zero attached hydrogens (tertiary/aromatic N) is 2.